The smallest absolute Gasteiger partial charge is 0.225 e. The third-order valence-electron chi connectivity index (χ3n) is 5.78. The van der Waals surface area contributed by atoms with Crippen LogP contribution in [-0.4, -0.2) is 57.8 Å². The minimum absolute atomic E-state index is 0.0963. The molecule has 0 unspecified atom stereocenters. The maximum Gasteiger partial charge on any atom is 0.225 e. The van der Waals surface area contributed by atoms with E-state index in [1.54, 1.807) is 25.6 Å². The molecule has 4 aromatic rings. The lowest BCUT2D eigenvalue weighted by Crippen LogP contribution is -2.27. The van der Waals surface area contributed by atoms with Crippen molar-refractivity contribution in [2.45, 2.75) is 20.4 Å². The topological polar surface area (TPSA) is 65.3 Å². The van der Waals surface area contributed by atoms with E-state index in [1.807, 2.05) is 28.8 Å². The third kappa shape index (κ3) is 5.81. The summed E-state index contributed by atoms with van der Waals surface area (Å²) in [5.41, 5.74) is 3.39. The number of imidazole rings is 1. The molecule has 0 aliphatic rings. The average Bonchev–Trinajstić information content (AvgIpc) is 3.25. The van der Waals surface area contributed by atoms with Crippen molar-refractivity contribution in [3.05, 3.63) is 63.6 Å². The highest BCUT2D eigenvalue weighted by Crippen LogP contribution is 2.38. The Hall–Kier alpha value is -2.58. The van der Waals surface area contributed by atoms with E-state index in [1.165, 1.54) is 0 Å². The molecular weight excluding hydrogens is 509 g/mol. The summed E-state index contributed by atoms with van der Waals surface area (Å²) >= 11 is 19.3. The molecule has 7 nitrogen and oxygen atoms in total. The molecule has 0 saturated carbocycles. The van der Waals surface area contributed by atoms with Gasteiger partial charge in [0.2, 0.25) is 5.28 Å². The molecule has 0 saturated heterocycles. The van der Waals surface area contributed by atoms with Crippen molar-refractivity contribution in [2.24, 2.45) is 0 Å². The fraction of sp³-hybridized carbons (Fsp3) is 0.320. The number of ether oxygens (including phenoxy) is 2. The first-order valence-corrected chi connectivity index (χ1v) is 12.4. The summed E-state index contributed by atoms with van der Waals surface area (Å²) in [7, 11) is 1.64. The number of nitrogens with zero attached hydrogens (tertiary/aromatic N) is 5. The van der Waals surface area contributed by atoms with E-state index in [4.69, 9.17) is 44.3 Å². The molecule has 0 N–H and O–H groups in total. The van der Waals surface area contributed by atoms with E-state index in [9.17, 15) is 0 Å². The Balaban J connectivity index is 1.67. The normalized spacial score (nSPS) is 11.4. The van der Waals surface area contributed by atoms with Crippen LogP contribution in [0.25, 0.3) is 22.4 Å². The Morgan fingerprint density at radius 1 is 0.971 bits per heavy atom. The molecule has 0 spiro atoms. The fourth-order valence-electron chi connectivity index (χ4n) is 3.79. The van der Waals surface area contributed by atoms with Crippen molar-refractivity contribution < 1.29 is 9.47 Å². The van der Waals surface area contributed by atoms with Crippen molar-refractivity contribution in [1.29, 1.82) is 0 Å². The summed E-state index contributed by atoms with van der Waals surface area (Å²) in [4.78, 5) is 15.7. The summed E-state index contributed by atoms with van der Waals surface area (Å²) in [6, 6.07) is 11.3. The number of rotatable bonds is 10. The van der Waals surface area contributed by atoms with Gasteiger partial charge in [-0.2, -0.15) is 4.98 Å². The average molecular weight is 535 g/mol. The van der Waals surface area contributed by atoms with Gasteiger partial charge < -0.3 is 18.9 Å². The van der Waals surface area contributed by atoms with Crippen LogP contribution in [0.15, 0.2) is 42.7 Å². The number of hydrogen-bond acceptors (Lipinski definition) is 6. The molecule has 4 rings (SSSR count). The highest BCUT2D eigenvalue weighted by Gasteiger charge is 2.19. The zero-order valence-corrected chi connectivity index (χ0v) is 22.0. The number of likely N-dealkylation sites (N-methyl/N-ethyl adjacent to an activating group) is 1. The van der Waals surface area contributed by atoms with E-state index < -0.39 is 0 Å². The molecule has 2 aromatic carbocycles. The fourth-order valence-corrected chi connectivity index (χ4v) is 4.49. The van der Waals surface area contributed by atoms with E-state index in [-0.39, 0.29) is 5.28 Å². The van der Waals surface area contributed by atoms with Gasteiger partial charge in [-0.15, -0.1) is 0 Å². The van der Waals surface area contributed by atoms with E-state index in [0.717, 1.165) is 30.9 Å². The van der Waals surface area contributed by atoms with Crippen LogP contribution in [0.3, 0.4) is 0 Å². The predicted octanol–water partition coefficient (Wildman–Crippen LogP) is 6.23. The Morgan fingerprint density at radius 2 is 1.71 bits per heavy atom. The van der Waals surface area contributed by atoms with Crippen LogP contribution in [-0.2, 0) is 6.54 Å². The largest absolute Gasteiger partial charge is 0.497 e. The van der Waals surface area contributed by atoms with Crippen LogP contribution in [0, 0.1) is 0 Å². The standard InChI is InChI=1S/C25H26Cl3N5O2/c1-4-32(5-2)10-11-35-21-12-18(19(26)13-20(21)27)22-23-24(31-25(28)30-22)33(15-29-23)14-16-6-8-17(34-3)9-7-16/h6-9,12-13,15H,4-5,10-11,14H2,1-3H3. The second kappa shape index (κ2) is 11.4. The number of benzene rings is 2. The second-order valence-electron chi connectivity index (χ2n) is 7.87. The second-order valence-corrected chi connectivity index (χ2v) is 9.02. The number of hydrogen-bond donors (Lipinski definition) is 0. The van der Waals surface area contributed by atoms with E-state index >= 15 is 0 Å². The molecule has 0 bridgehead atoms. The molecule has 184 valence electrons. The van der Waals surface area contributed by atoms with Gasteiger partial charge in [0.25, 0.3) is 0 Å². The summed E-state index contributed by atoms with van der Waals surface area (Å²) < 4.78 is 13.1. The Kier molecular flexibility index (Phi) is 8.34. The molecule has 0 atom stereocenters. The van der Waals surface area contributed by atoms with Crippen molar-refractivity contribution in [3.8, 4) is 22.8 Å². The highest BCUT2D eigenvalue weighted by molar-refractivity contribution is 6.37. The van der Waals surface area contributed by atoms with Gasteiger partial charge in [-0.3, -0.25) is 0 Å². The summed E-state index contributed by atoms with van der Waals surface area (Å²) in [5, 5.41) is 0.950. The van der Waals surface area contributed by atoms with Gasteiger partial charge in [0.05, 0.1) is 30.0 Å². The maximum atomic E-state index is 6.59. The number of fused-ring (bicyclic) bond motifs is 1. The number of aromatic nitrogens is 4. The Labute approximate surface area is 219 Å². The molecule has 0 radical (unpaired) electrons. The van der Waals surface area contributed by atoms with Crippen molar-refractivity contribution in [1.82, 2.24) is 24.4 Å². The number of halogens is 3. The molecule has 0 aliphatic heterocycles. The SMILES string of the molecule is CCN(CC)CCOc1cc(-c2nc(Cl)nc3c2ncn3Cc2ccc(OC)cc2)c(Cl)cc1Cl. The van der Waals surface area contributed by atoms with Crippen molar-refractivity contribution in [2.75, 3.05) is 33.4 Å². The van der Waals surface area contributed by atoms with Crippen molar-refractivity contribution >= 4 is 46.0 Å². The van der Waals surface area contributed by atoms with Gasteiger partial charge in [0, 0.05) is 12.1 Å². The lowest BCUT2D eigenvalue weighted by atomic mass is 10.1. The molecule has 0 amide bonds. The molecule has 2 aromatic heterocycles. The summed E-state index contributed by atoms with van der Waals surface area (Å²) in [6.45, 7) is 8.00. The minimum atomic E-state index is 0.0963. The molecule has 0 fully saturated rings. The number of methoxy groups -OCH3 is 1. The molecular formula is C25H26Cl3N5O2. The van der Waals surface area contributed by atoms with Crippen molar-refractivity contribution in [3.63, 3.8) is 0 Å². The summed E-state index contributed by atoms with van der Waals surface area (Å²) in [6.07, 6.45) is 1.72. The molecule has 35 heavy (non-hydrogen) atoms. The van der Waals surface area contributed by atoms with Crippen LogP contribution >= 0.6 is 34.8 Å². The molecule has 2 heterocycles. The van der Waals surface area contributed by atoms with Gasteiger partial charge in [-0.25, -0.2) is 9.97 Å². The van der Waals surface area contributed by atoms with Crippen LogP contribution in [0.1, 0.15) is 19.4 Å². The maximum absolute atomic E-state index is 6.59. The summed E-state index contributed by atoms with van der Waals surface area (Å²) in [5.74, 6) is 1.32. The van der Waals surface area contributed by atoms with Crippen LogP contribution in [0.4, 0.5) is 0 Å². The predicted molar refractivity (Wildman–Crippen MR) is 141 cm³/mol. The van der Waals surface area contributed by atoms with Crippen LogP contribution in [0.5, 0.6) is 11.5 Å². The highest BCUT2D eigenvalue weighted by atomic mass is 35.5. The quantitative estimate of drug-likeness (QED) is 0.225. The first-order valence-electron chi connectivity index (χ1n) is 11.3. The van der Waals surface area contributed by atoms with Gasteiger partial charge in [-0.05, 0) is 54.5 Å². The van der Waals surface area contributed by atoms with Gasteiger partial charge in [0.1, 0.15) is 29.3 Å². The van der Waals surface area contributed by atoms with Crippen LogP contribution < -0.4 is 9.47 Å². The zero-order valence-electron chi connectivity index (χ0n) is 19.8. The Bertz CT molecular complexity index is 1310. The van der Waals surface area contributed by atoms with E-state index in [0.29, 0.717) is 51.4 Å². The first kappa shape index (κ1) is 25.5. The van der Waals surface area contributed by atoms with Gasteiger partial charge in [0.15, 0.2) is 5.65 Å². The lowest BCUT2D eigenvalue weighted by molar-refractivity contribution is 0.223. The molecule has 10 heteroatoms. The monoisotopic (exact) mass is 533 g/mol. The van der Waals surface area contributed by atoms with Crippen LogP contribution in [0.2, 0.25) is 15.3 Å². The third-order valence-corrected chi connectivity index (χ3v) is 6.56. The Morgan fingerprint density at radius 3 is 2.40 bits per heavy atom. The lowest BCUT2D eigenvalue weighted by Gasteiger charge is -2.18. The first-order chi connectivity index (χ1) is 16.9. The van der Waals surface area contributed by atoms with E-state index in [2.05, 4.69) is 33.7 Å². The van der Waals surface area contributed by atoms with Gasteiger partial charge in [-0.1, -0.05) is 49.2 Å². The van der Waals surface area contributed by atoms with Gasteiger partial charge >= 0.3 is 0 Å². The minimum Gasteiger partial charge on any atom is -0.497 e. The zero-order chi connectivity index (χ0) is 24.9. The molecule has 0 aliphatic carbocycles.